The van der Waals surface area contributed by atoms with Gasteiger partial charge in [-0.25, -0.2) is 0 Å². The molecule has 0 aromatic heterocycles. The molecular weight excluding hydrogens is 304 g/mol. The molecule has 0 radical (unpaired) electrons. The van der Waals surface area contributed by atoms with E-state index in [9.17, 15) is 9.59 Å². The summed E-state index contributed by atoms with van der Waals surface area (Å²) in [6, 6.07) is 7.34. The molecule has 132 valence electrons. The van der Waals surface area contributed by atoms with Crippen molar-refractivity contribution in [1.82, 2.24) is 9.80 Å². The zero-order chi connectivity index (χ0) is 17.7. The highest BCUT2D eigenvalue weighted by Gasteiger charge is 2.32. The van der Waals surface area contributed by atoms with Gasteiger partial charge in [-0.3, -0.25) is 9.59 Å². The second kappa shape index (κ2) is 8.40. The molecule has 1 aliphatic rings. The molecule has 0 bridgehead atoms. The molecule has 1 saturated heterocycles. The van der Waals surface area contributed by atoms with Crippen LogP contribution < -0.4 is 0 Å². The maximum atomic E-state index is 12.8. The number of piperidine rings is 1. The Morgan fingerprint density at radius 3 is 2.38 bits per heavy atom. The SMILES string of the molecule is CC(=O)c1ccc(C(=O)N2CC[C@@H](N(C)C)[C@@H](CCCO)C2)cc1. The number of aliphatic hydroxyl groups excluding tert-OH is 1. The van der Waals surface area contributed by atoms with Crippen LogP contribution in [0.15, 0.2) is 24.3 Å². The Balaban J connectivity index is 2.07. The number of carbonyl (C=O) groups excluding carboxylic acids is 2. The Labute approximate surface area is 144 Å². The fraction of sp³-hybridized carbons (Fsp3) is 0.579. The summed E-state index contributed by atoms with van der Waals surface area (Å²) in [7, 11) is 4.16. The molecule has 0 spiro atoms. The largest absolute Gasteiger partial charge is 0.396 e. The fourth-order valence-corrected chi connectivity index (χ4v) is 3.55. The molecule has 0 aliphatic carbocycles. The molecule has 5 heteroatoms. The lowest BCUT2D eigenvalue weighted by atomic mass is 9.87. The van der Waals surface area contributed by atoms with Gasteiger partial charge in [0, 0.05) is 36.9 Å². The number of nitrogens with zero attached hydrogens (tertiary/aromatic N) is 2. The number of rotatable bonds is 6. The quantitative estimate of drug-likeness (QED) is 0.810. The average Bonchev–Trinajstić information content (AvgIpc) is 2.59. The number of ketones is 1. The summed E-state index contributed by atoms with van der Waals surface area (Å²) < 4.78 is 0. The van der Waals surface area contributed by atoms with Crippen LogP contribution in [-0.4, -0.2) is 66.4 Å². The van der Waals surface area contributed by atoms with Crippen molar-refractivity contribution in [1.29, 1.82) is 0 Å². The summed E-state index contributed by atoms with van der Waals surface area (Å²) in [6.45, 7) is 3.17. The van der Waals surface area contributed by atoms with Crippen LogP contribution in [0.1, 0.15) is 46.9 Å². The Kier molecular flexibility index (Phi) is 6.52. The first-order valence-electron chi connectivity index (χ1n) is 8.61. The van der Waals surface area contributed by atoms with Crippen LogP contribution >= 0.6 is 0 Å². The first-order chi connectivity index (χ1) is 11.4. The van der Waals surface area contributed by atoms with E-state index in [1.54, 1.807) is 24.3 Å². The standard InChI is InChI=1S/C19H28N2O3/c1-14(23)15-6-8-16(9-7-15)19(24)21-11-10-18(20(2)3)17(13-21)5-4-12-22/h6-9,17-18,22H,4-5,10-13H2,1-3H3/t17-,18+/m0/s1. The summed E-state index contributed by atoms with van der Waals surface area (Å²) in [5, 5.41) is 9.12. The van der Waals surface area contributed by atoms with Gasteiger partial charge in [-0.2, -0.15) is 0 Å². The van der Waals surface area contributed by atoms with Gasteiger partial charge in [0.05, 0.1) is 0 Å². The molecule has 1 N–H and O–H groups in total. The highest BCUT2D eigenvalue weighted by Crippen LogP contribution is 2.26. The molecular formula is C19H28N2O3. The van der Waals surface area contributed by atoms with Gasteiger partial charge in [-0.1, -0.05) is 12.1 Å². The summed E-state index contributed by atoms with van der Waals surface area (Å²) in [6.07, 6.45) is 2.64. The minimum Gasteiger partial charge on any atom is -0.396 e. The number of aliphatic hydroxyl groups is 1. The van der Waals surface area contributed by atoms with E-state index in [1.807, 2.05) is 4.90 Å². The van der Waals surface area contributed by atoms with E-state index in [0.717, 1.165) is 32.4 Å². The lowest BCUT2D eigenvalue weighted by molar-refractivity contribution is 0.0495. The molecule has 5 nitrogen and oxygen atoms in total. The molecule has 1 aromatic carbocycles. The van der Waals surface area contributed by atoms with Gasteiger partial charge in [0.1, 0.15) is 0 Å². The van der Waals surface area contributed by atoms with Gasteiger partial charge in [-0.05, 0) is 58.3 Å². The van der Waals surface area contributed by atoms with Crippen LogP contribution in [-0.2, 0) is 0 Å². The predicted molar refractivity (Wildman–Crippen MR) is 94.3 cm³/mol. The number of Topliss-reactive ketones (excluding diaryl/α,β-unsaturated/α-hetero) is 1. The van der Waals surface area contributed by atoms with E-state index in [2.05, 4.69) is 19.0 Å². The zero-order valence-electron chi connectivity index (χ0n) is 14.9. The minimum atomic E-state index is 0.00450. The van der Waals surface area contributed by atoms with E-state index in [-0.39, 0.29) is 18.3 Å². The molecule has 1 aliphatic heterocycles. The average molecular weight is 332 g/mol. The third-order valence-electron chi connectivity index (χ3n) is 4.92. The number of benzene rings is 1. The van der Waals surface area contributed by atoms with Crippen molar-refractivity contribution in [3.8, 4) is 0 Å². The third-order valence-corrected chi connectivity index (χ3v) is 4.92. The van der Waals surface area contributed by atoms with E-state index < -0.39 is 0 Å². The van der Waals surface area contributed by atoms with Gasteiger partial charge in [0.15, 0.2) is 5.78 Å². The smallest absolute Gasteiger partial charge is 0.253 e. The summed E-state index contributed by atoms with van der Waals surface area (Å²) in [5.74, 6) is 0.405. The molecule has 1 fully saturated rings. The van der Waals surface area contributed by atoms with Crippen molar-refractivity contribution in [3.05, 3.63) is 35.4 Å². The van der Waals surface area contributed by atoms with E-state index in [1.165, 1.54) is 6.92 Å². The zero-order valence-corrected chi connectivity index (χ0v) is 14.9. The van der Waals surface area contributed by atoms with Gasteiger partial charge in [0.2, 0.25) is 0 Å². The third kappa shape index (κ3) is 4.42. The fourth-order valence-electron chi connectivity index (χ4n) is 3.55. The lowest BCUT2D eigenvalue weighted by Crippen LogP contribution is -2.50. The molecule has 0 saturated carbocycles. The van der Waals surface area contributed by atoms with E-state index in [0.29, 0.717) is 23.1 Å². The van der Waals surface area contributed by atoms with Crippen LogP contribution in [0.4, 0.5) is 0 Å². The van der Waals surface area contributed by atoms with Gasteiger partial charge >= 0.3 is 0 Å². The first kappa shape index (κ1) is 18.6. The van der Waals surface area contributed by atoms with Crippen molar-refractivity contribution in [2.45, 2.75) is 32.2 Å². The van der Waals surface area contributed by atoms with Gasteiger partial charge < -0.3 is 14.9 Å². The Hall–Kier alpha value is -1.72. The molecule has 1 aromatic rings. The molecule has 1 amide bonds. The second-order valence-electron chi connectivity index (χ2n) is 6.83. The van der Waals surface area contributed by atoms with Crippen molar-refractivity contribution in [2.24, 2.45) is 5.92 Å². The number of hydrogen-bond donors (Lipinski definition) is 1. The normalized spacial score (nSPS) is 21.1. The number of hydrogen-bond acceptors (Lipinski definition) is 4. The summed E-state index contributed by atoms with van der Waals surface area (Å²) in [4.78, 5) is 28.2. The summed E-state index contributed by atoms with van der Waals surface area (Å²) >= 11 is 0. The molecule has 2 rings (SSSR count). The molecule has 1 heterocycles. The maximum Gasteiger partial charge on any atom is 0.253 e. The Morgan fingerprint density at radius 2 is 1.83 bits per heavy atom. The van der Waals surface area contributed by atoms with Crippen LogP contribution in [0.2, 0.25) is 0 Å². The summed E-state index contributed by atoms with van der Waals surface area (Å²) in [5.41, 5.74) is 1.25. The highest BCUT2D eigenvalue weighted by atomic mass is 16.3. The minimum absolute atomic E-state index is 0.00450. The second-order valence-corrected chi connectivity index (χ2v) is 6.83. The van der Waals surface area contributed by atoms with Crippen molar-refractivity contribution < 1.29 is 14.7 Å². The number of amides is 1. The van der Waals surface area contributed by atoms with E-state index in [4.69, 9.17) is 5.11 Å². The maximum absolute atomic E-state index is 12.8. The predicted octanol–water partition coefficient (Wildman–Crippen LogP) is 2.05. The lowest BCUT2D eigenvalue weighted by Gasteiger charge is -2.41. The first-order valence-corrected chi connectivity index (χ1v) is 8.61. The van der Waals surface area contributed by atoms with Crippen molar-refractivity contribution in [2.75, 3.05) is 33.8 Å². The van der Waals surface area contributed by atoms with E-state index >= 15 is 0 Å². The van der Waals surface area contributed by atoms with Crippen LogP contribution in [0, 0.1) is 5.92 Å². The van der Waals surface area contributed by atoms with Gasteiger partial charge in [0.25, 0.3) is 5.91 Å². The van der Waals surface area contributed by atoms with Crippen LogP contribution in [0.25, 0.3) is 0 Å². The molecule has 0 unspecified atom stereocenters. The molecule has 24 heavy (non-hydrogen) atoms. The van der Waals surface area contributed by atoms with Crippen molar-refractivity contribution in [3.63, 3.8) is 0 Å². The topological polar surface area (TPSA) is 60.9 Å². The Bertz CT molecular complexity index is 568. The highest BCUT2D eigenvalue weighted by molar-refractivity contribution is 5.97. The van der Waals surface area contributed by atoms with Crippen LogP contribution in [0.3, 0.4) is 0 Å². The van der Waals surface area contributed by atoms with Crippen LogP contribution in [0.5, 0.6) is 0 Å². The van der Waals surface area contributed by atoms with Crippen molar-refractivity contribution >= 4 is 11.7 Å². The van der Waals surface area contributed by atoms with Gasteiger partial charge in [-0.15, -0.1) is 0 Å². The Morgan fingerprint density at radius 1 is 1.21 bits per heavy atom. The monoisotopic (exact) mass is 332 g/mol. The number of likely N-dealkylation sites (tertiary alicyclic amines) is 1. The molecule has 2 atom stereocenters. The number of carbonyl (C=O) groups is 2.